The average molecular weight is 331 g/mol. The van der Waals surface area contributed by atoms with Crippen molar-refractivity contribution < 1.29 is 2.74 Å². The van der Waals surface area contributed by atoms with E-state index in [0.29, 0.717) is 5.56 Å². The van der Waals surface area contributed by atoms with Crippen LogP contribution in [0.2, 0.25) is 0 Å². The van der Waals surface area contributed by atoms with Crippen LogP contribution in [0.25, 0.3) is 11.3 Å². The highest BCUT2D eigenvalue weighted by Gasteiger charge is 2.23. The summed E-state index contributed by atoms with van der Waals surface area (Å²) < 4.78 is 16.7. The summed E-state index contributed by atoms with van der Waals surface area (Å²) in [5.41, 5.74) is 4.85. The van der Waals surface area contributed by atoms with Gasteiger partial charge in [0.1, 0.15) is 0 Å². The fourth-order valence-electron chi connectivity index (χ4n) is 3.10. The molecule has 0 bridgehead atoms. The highest BCUT2D eigenvalue weighted by Crippen LogP contribution is 2.33. The van der Waals surface area contributed by atoms with Crippen LogP contribution in [-0.2, 0) is 11.8 Å². The molecule has 0 atom stereocenters. The van der Waals surface area contributed by atoms with Crippen LogP contribution in [0.5, 0.6) is 0 Å². The Morgan fingerprint density at radius 2 is 1.64 bits per heavy atom. The molecule has 3 rings (SSSR count). The number of pyridine rings is 1. The maximum atomic E-state index is 8.37. The Kier molecular flexibility index (Phi) is 4.30. The molecule has 1 heteroatoms. The second kappa shape index (κ2) is 7.23. The second-order valence-electron chi connectivity index (χ2n) is 7.30. The van der Waals surface area contributed by atoms with Gasteiger partial charge in [-0.05, 0) is 47.2 Å². The Morgan fingerprint density at radius 1 is 0.920 bits per heavy atom. The minimum absolute atomic E-state index is 0.101. The number of rotatable bonds is 5. The molecule has 0 amide bonds. The SMILES string of the molecule is [2H]C([2H])(c1ccnc(-c2cccc(C(C)(C)c3ccccc3)c2)c1)C(C)C. The topological polar surface area (TPSA) is 12.9 Å². The molecule has 128 valence electrons. The van der Waals surface area contributed by atoms with Crippen LogP contribution in [0.1, 0.15) is 47.1 Å². The van der Waals surface area contributed by atoms with Crippen molar-refractivity contribution in [3.63, 3.8) is 0 Å². The third kappa shape index (κ3) is 3.99. The normalized spacial score (nSPS) is 13.5. The molecule has 25 heavy (non-hydrogen) atoms. The van der Waals surface area contributed by atoms with E-state index in [1.54, 1.807) is 12.3 Å². The predicted octanol–water partition coefficient (Wildman–Crippen LogP) is 6.27. The summed E-state index contributed by atoms with van der Waals surface area (Å²) in [5.74, 6) is -0.101. The predicted molar refractivity (Wildman–Crippen MR) is 107 cm³/mol. The smallest absolute Gasteiger partial charge is 0.0704 e. The number of benzene rings is 2. The molecule has 0 saturated heterocycles. The molecule has 0 radical (unpaired) electrons. The van der Waals surface area contributed by atoms with Crippen molar-refractivity contribution in [1.82, 2.24) is 4.98 Å². The van der Waals surface area contributed by atoms with Gasteiger partial charge in [0.2, 0.25) is 0 Å². The molecule has 0 spiro atoms. The van der Waals surface area contributed by atoms with Gasteiger partial charge in [-0.1, -0.05) is 76.2 Å². The van der Waals surface area contributed by atoms with E-state index >= 15 is 0 Å². The summed E-state index contributed by atoms with van der Waals surface area (Å²) in [6.45, 7) is 8.26. The van der Waals surface area contributed by atoms with E-state index in [0.717, 1.165) is 11.3 Å². The Balaban J connectivity index is 2.02. The first-order chi connectivity index (χ1) is 12.7. The minimum Gasteiger partial charge on any atom is -0.256 e. The Hall–Kier alpha value is -2.41. The number of hydrogen-bond acceptors (Lipinski definition) is 1. The minimum atomic E-state index is -1.38. The first-order valence-corrected chi connectivity index (χ1v) is 8.86. The summed E-state index contributed by atoms with van der Waals surface area (Å²) in [4.78, 5) is 4.51. The first kappa shape index (κ1) is 14.9. The maximum Gasteiger partial charge on any atom is 0.0704 e. The summed E-state index contributed by atoms with van der Waals surface area (Å²) >= 11 is 0. The fourth-order valence-corrected chi connectivity index (χ4v) is 3.10. The molecule has 0 aliphatic heterocycles. The van der Waals surface area contributed by atoms with Gasteiger partial charge in [-0.15, -0.1) is 0 Å². The number of hydrogen-bond donors (Lipinski definition) is 0. The molecule has 0 N–H and O–H groups in total. The number of nitrogens with zero attached hydrogens (tertiary/aromatic N) is 1. The van der Waals surface area contributed by atoms with Gasteiger partial charge in [0.25, 0.3) is 0 Å². The van der Waals surface area contributed by atoms with Gasteiger partial charge in [0.15, 0.2) is 0 Å². The van der Waals surface area contributed by atoms with E-state index in [2.05, 4.69) is 61.3 Å². The van der Waals surface area contributed by atoms with Crippen LogP contribution < -0.4 is 0 Å². The zero-order valence-electron chi connectivity index (χ0n) is 17.5. The summed E-state index contributed by atoms with van der Waals surface area (Å²) in [5, 5.41) is 0. The monoisotopic (exact) mass is 331 g/mol. The van der Waals surface area contributed by atoms with E-state index in [1.165, 1.54) is 11.1 Å². The first-order valence-electron chi connectivity index (χ1n) is 9.86. The van der Waals surface area contributed by atoms with Gasteiger partial charge in [0.05, 0.1) is 5.69 Å². The molecule has 2 aromatic carbocycles. The summed E-state index contributed by atoms with van der Waals surface area (Å²) in [6, 6.07) is 22.6. The molecule has 0 unspecified atom stereocenters. The third-order valence-corrected chi connectivity index (χ3v) is 4.59. The van der Waals surface area contributed by atoms with Crippen molar-refractivity contribution in [2.24, 2.45) is 5.92 Å². The largest absolute Gasteiger partial charge is 0.256 e. The summed E-state index contributed by atoms with van der Waals surface area (Å²) in [7, 11) is 0. The van der Waals surface area contributed by atoms with Crippen LogP contribution in [0, 0.1) is 5.92 Å². The van der Waals surface area contributed by atoms with E-state index in [-0.39, 0.29) is 11.3 Å². The molecule has 3 aromatic rings. The molecule has 1 heterocycles. The second-order valence-corrected chi connectivity index (χ2v) is 7.30. The Morgan fingerprint density at radius 3 is 2.36 bits per heavy atom. The van der Waals surface area contributed by atoms with Crippen LogP contribution >= 0.6 is 0 Å². The highest BCUT2D eigenvalue weighted by atomic mass is 14.7. The highest BCUT2D eigenvalue weighted by molar-refractivity contribution is 5.62. The van der Waals surface area contributed by atoms with Crippen molar-refractivity contribution >= 4 is 0 Å². The summed E-state index contributed by atoms with van der Waals surface area (Å²) in [6.07, 6.45) is 0.332. The van der Waals surface area contributed by atoms with Crippen LogP contribution in [0.3, 0.4) is 0 Å². The zero-order valence-corrected chi connectivity index (χ0v) is 15.5. The lowest BCUT2D eigenvalue weighted by atomic mass is 9.77. The molecule has 0 fully saturated rings. The molecular weight excluding hydrogens is 302 g/mol. The lowest BCUT2D eigenvalue weighted by molar-refractivity contribution is 0.641. The molecule has 1 nitrogen and oxygen atoms in total. The Labute approximate surface area is 154 Å². The molecule has 0 saturated carbocycles. The average Bonchev–Trinajstić information content (AvgIpc) is 2.68. The zero-order chi connectivity index (χ0) is 19.7. The van der Waals surface area contributed by atoms with E-state index in [9.17, 15) is 0 Å². The third-order valence-electron chi connectivity index (χ3n) is 4.59. The van der Waals surface area contributed by atoms with Crippen molar-refractivity contribution in [3.8, 4) is 11.3 Å². The lowest BCUT2D eigenvalue weighted by Crippen LogP contribution is -2.18. The van der Waals surface area contributed by atoms with E-state index in [4.69, 9.17) is 2.74 Å². The van der Waals surface area contributed by atoms with Crippen LogP contribution in [0.15, 0.2) is 72.9 Å². The fraction of sp³-hybridized carbons (Fsp3) is 0.292. The quantitative estimate of drug-likeness (QED) is 0.536. The maximum absolute atomic E-state index is 8.37. The molecule has 0 aliphatic rings. The van der Waals surface area contributed by atoms with Crippen molar-refractivity contribution in [2.75, 3.05) is 0 Å². The van der Waals surface area contributed by atoms with Gasteiger partial charge >= 0.3 is 0 Å². The van der Waals surface area contributed by atoms with Gasteiger partial charge in [-0.2, -0.15) is 0 Å². The number of aromatic nitrogens is 1. The molecular formula is C24H27N. The standard InChI is InChI=1S/C24H27N/c1-18(2)15-19-13-14-25-23(16-19)20-9-8-12-22(17-20)24(3,4)21-10-6-5-7-11-21/h5-14,16-18H,15H2,1-4H3/i15D2. The molecule has 1 aromatic heterocycles. The van der Waals surface area contributed by atoms with Crippen molar-refractivity contribution in [3.05, 3.63) is 89.6 Å². The van der Waals surface area contributed by atoms with Crippen molar-refractivity contribution in [2.45, 2.75) is 39.5 Å². The van der Waals surface area contributed by atoms with Crippen LogP contribution in [0.4, 0.5) is 0 Å². The van der Waals surface area contributed by atoms with Gasteiger partial charge in [-0.3, -0.25) is 4.98 Å². The van der Waals surface area contributed by atoms with E-state index < -0.39 is 6.37 Å². The van der Waals surface area contributed by atoms with Crippen molar-refractivity contribution in [1.29, 1.82) is 0 Å². The van der Waals surface area contributed by atoms with E-state index in [1.807, 2.05) is 32.0 Å². The van der Waals surface area contributed by atoms with Gasteiger partial charge in [0, 0.05) is 19.9 Å². The van der Waals surface area contributed by atoms with Gasteiger partial charge in [-0.25, -0.2) is 0 Å². The van der Waals surface area contributed by atoms with Crippen LogP contribution in [-0.4, -0.2) is 4.98 Å². The Bertz CT molecular complexity index is 914. The van der Waals surface area contributed by atoms with Gasteiger partial charge < -0.3 is 0 Å². The lowest BCUT2D eigenvalue weighted by Gasteiger charge is -2.26. The molecule has 0 aliphatic carbocycles.